The van der Waals surface area contributed by atoms with Crippen LogP contribution < -0.4 is 5.32 Å². The highest BCUT2D eigenvalue weighted by Crippen LogP contribution is 2.49. The van der Waals surface area contributed by atoms with E-state index in [-0.39, 0.29) is 5.91 Å². The molecule has 0 aliphatic heterocycles. The fraction of sp³-hybridized carbons (Fsp3) is 0.562. The van der Waals surface area contributed by atoms with E-state index in [0.717, 1.165) is 29.5 Å². The van der Waals surface area contributed by atoms with Crippen LogP contribution in [0.5, 0.6) is 0 Å². The van der Waals surface area contributed by atoms with Crippen LogP contribution in [0.25, 0.3) is 0 Å². The molecular weight excluding hydrogens is 222 g/mol. The SMILES string of the molecule is Cc1ccccc1NC(=O)C[C@@H]1C[C@H]2CC[C@@H]1C2. The summed E-state index contributed by atoms with van der Waals surface area (Å²) in [5.74, 6) is 2.60. The van der Waals surface area contributed by atoms with Gasteiger partial charge in [0.05, 0.1) is 0 Å². The van der Waals surface area contributed by atoms with Gasteiger partial charge in [-0.1, -0.05) is 24.6 Å². The molecule has 0 unspecified atom stereocenters. The summed E-state index contributed by atoms with van der Waals surface area (Å²) < 4.78 is 0. The molecule has 1 aromatic rings. The molecule has 3 atom stereocenters. The molecule has 0 aromatic heterocycles. The van der Waals surface area contributed by atoms with E-state index in [1.54, 1.807) is 0 Å². The Morgan fingerprint density at radius 1 is 1.28 bits per heavy atom. The summed E-state index contributed by atoms with van der Waals surface area (Å²) in [5, 5.41) is 3.06. The highest BCUT2D eigenvalue weighted by atomic mass is 16.1. The quantitative estimate of drug-likeness (QED) is 0.860. The number of fused-ring (bicyclic) bond motifs is 2. The van der Waals surface area contributed by atoms with Crippen molar-refractivity contribution in [2.24, 2.45) is 17.8 Å². The van der Waals surface area contributed by atoms with Crippen molar-refractivity contribution in [3.05, 3.63) is 29.8 Å². The molecule has 2 nitrogen and oxygen atoms in total. The molecule has 1 aromatic carbocycles. The number of anilines is 1. The molecule has 0 spiro atoms. The predicted octanol–water partition coefficient (Wildman–Crippen LogP) is 3.76. The van der Waals surface area contributed by atoms with Gasteiger partial charge in [-0.2, -0.15) is 0 Å². The molecule has 0 heterocycles. The highest BCUT2D eigenvalue weighted by Gasteiger charge is 2.40. The first-order valence-corrected chi connectivity index (χ1v) is 7.08. The van der Waals surface area contributed by atoms with Gasteiger partial charge < -0.3 is 5.32 Å². The number of benzene rings is 1. The number of hydrogen-bond acceptors (Lipinski definition) is 1. The fourth-order valence-electron chi connectivity index (χ4n) is 3.78. The van der Waals surface area contributed by atoms with Gasteiger partial charge in [-0.05, 0) is 55.6 Å². The smallest absolute Gasteiger partial charge is 0.224 e. The first kappa shape index (κ1) is 11.8. The van der Waals surface area contributed by atoms with Crippen LogP contribution in [0.1, 0.15) is 37.7 Å². The minimum Gasteiger partial charge on any atom is -0.326 e. The van der Waals surface area contributed by atoms with Crippen molar-refractivity contribution in [1.29, 1.82) is 0 Å². The minimum absolute atomic E-state index is 0.196. The second kappa shape index (κ2) is 4.75. The number of nitrogens with one attached hydrogen (secondary N) is 1. The van der Waals surface area contributed by atoms with Crippen molar-refractivity contribution in [3.63, 3.8) is 0 Å². The Labute approximate surface area is 109 Å². The second-order valence-corrected chi connectivity index (χ2v) is 6.00. The topological polar surface area (TPSA) is 29.1 Å². The van der Waals surface area contributed by atoms with Crippen LogP contribution in [-0.2, 0) is 4.79 Å². The number of hydrogen-bond donors (Lipinski definition) is 1. The monoisotopic (exact) mass is 243 g/mol. The Kier molecular flexibility index (Phi) is 3.11. The van der Waals surface area contributed by atoms with E-state index in [1.807, 2.05) is 31.2 Å². The zero-order valence-corrected chi connectivity index (χ0v) is 11.0. The molecule has 3 rings (SSSR count). The molecule has 96 valence electrons. The summed E-state index contributed by atoms with van der Waals surface area (Å²) in [6.45, 7) is 2.03. The first-order valence-electron chi connectivity index (χ1n) is 7.08. The van der Waals surface area contributed by atoms with Crippen LogP contribution in [0.15, 0.2) is 24.3 Å². The van der Waals surface area contributed by atoms with Gasteiger partial charge in [0.2, 0.25) is 5.91 Å². The Bertz CT molecular complexity index is 454. The van der Waals surface area contributed by atoms with Gasteiger partial charge >= 0.3 is 0 Å². The number of rotatable bonds is 3. The van der Waals surface area contributed by atoms with E-state index < -0.39 is 0 Å². The van der Waals surface area contributed by atoms with Crippen molar-refractivity contribution < 1.29 is 4.79 Å². The Morgan fingerprint density at radius 2 is 2.11 bits per heavy atom. The van der Waals surface area contributed by atoms with Crippen molar-refractivity contribution in [2.75, 3.05) is 5.32 Å². The largest absolute Gasteiger partial charge is 0.326 e. The van der Waals surface area contributed by atoms with Crippen molar-refractivity contribution in [2.45, 2.75) is 39.0 Å². The van der Waals surface area contributed by atoms with E-state index in [9.17, 15) is 4.79 Å². The number of carbonyl (C=O) groups is 1. The lowest BCUT2D eigenvalue weighted by Gasteiger charge is -2.21. The predicted molar refractivity (Wildman–Crippen MR) is 73.4 cm³/mol. The first-order chi connectivity index (χ1) is 8.72. The third kappa shape index (κ3) is 2.29. The summed E-state index contributed by atoms with van der Waals surface area (Å²) in [4.78, 5) is 12.1. The second-order valence-electron chi connectivity index (χ2n) is 6.00. The highest BCUT2D eigenvalue weighted by molar-refractivity contribution is 5.91. The summed E-state index contributed by atoms with van der Waals surface area (Å²) in [6.07, 6.45) is 6.14. The zero-order valence-electron chi connectivity index (χ0n) is 11.0. The third-order valence-corrected chi connectivity index (χ3v) is 4.75. The lowest BCUT2D eigenvalue weighted by atomic mass is 9.86. The fourth-order valence-corrected chi connectivity index (χ4v) is 3.78. The third-order valence-electron chi connectivity index (χ3n) is 4.75. The van der Waals surface area contributed by atoms with E-state index in [0.29, 0.717) is 5.92 Å². The molecular formula is C16H21NO. The lowest BCUT2D eigenvalue weighted by molar-refractivity contribution is -0.117. The average molecular weight is 243 g/mol. The van der Waals surface area contributed by atoms with Gasteiger partial charge in [0.1, 0.15) is 0 Å². The summed E-state index contributed by atoms with van der Waals surface area (Å²) in [7, 11) is 0. The van der Waals surface area contributed by atoms with Gasteiger partial charge in [-0.25, -0.2) is 0 Å². The van der Waals surface area contributed by atoms with E-state index in [1.165, 1.54) is 25.7 Å². The van der Waals surface area contributed by atoms with E-state index in [2.05, 4.69) is 5.32 Å². The van der Waals surface area contributed by atoms with E-state index >= 15 is 0 Å². The molecule has 2 heteroatoms. The van der Waals surface area contributed by atoms with E-state index in [4.69, 9.17) is 0 Å². The Morgan fingerprint density at radius 3 is 2.78 bits per heavy atom. The molecule has 2 saturated carbocycles. The van der Waals surface area contributed by atoms with Crippen LogP contribution in [0.3, 0.4) is 0 Å². The number of carbonyl (C=O) groups excluding carboxylic acids is 1. The van der Waals surface area contributed by atoms with Crippen molar-refractivity contribution >= 4 is 11.6 Å². The summed E-state index contributed by atoms with van der Waals surface area (Å²) in [6, 6.07) is 7.99. The summed E-state index contributed by atoms with van der Waals surface area (Å²) in [5.41, 5.74) is 2.10. The molecule has 2 aliphatic rings. The average Bonchev–Trinajstić information content (AvgIpc) is 2.94. The maximum absolute atomic E-state index is 12.1. The molecule has 2 bridgehead atoms. The standard InChI is InChI=1S/C16H21NO/c1-11-4-2-3-5-15(11)17-16(18)10-14-9-12-6-7-13(14)8-12/h2-5,12-14H,6-10H2,1H3,(H,17,18)/t12-,13+,14-/m0/s1. The molecule has 2 aliphatic carbocycles. The minimum atomic E-state index is 0.196. The number of para-hydroxylation sites is 1. The van der Waals surface area contributed by atoms with Crippen LogP contribution in [0.2, 0.25) is 0 Å². The molecule has 0 saturated heterocycles. The maximum Gasteiger partial charge on any atom is 0.224 e. The van der Waals surface area contributed by atoms with Crippen LogP contribution in [0.4, 0.5) is 5.69 Å². The van der Waals surface area contributed by atoms with Gasteiger partial charge in [-0.15, -0.1) is 0 Å². The lowest BCUT2D eigenvalue weighted by Crippen LogP contribution is -2.20. The molecule has 1 N–H and O–H groups in total. The normalized spacial score (nSPS) is 29.5. The summed E-state index contributed by atoms with van der Waals surface area (Å²) >= 11 is 0. The van der Waals surface area contributed by atoms with Crippen molar-refractivity contribution in [3.8, 4) is 0 Å². The maximum atomic E-state index is 12.1. The van der Waals surface area contributed by atoms with Gasteiger partial charge in [0.25, 0.3) is 0 Å². The molecule has 1 amide bonds. The molecule has 18 heavy (non-hydrogen) atoms. The van der Waals surface area contributed by atoms with Crippen LogP contribution in [0, 0.1) is 24.7 Å². The van der Waals surface area contributed by atoms with Gasteiger partial charge in [0, 0.05) is 12.1 Å². The number of amides is 1. The Hall–Kier alpha value is -1.31. The Balaban J connectivity index is 1.58. The molecule has 2 fully saturated rings. The molecule has 0 radical (unpaired) electrons. The number of aryl methyl sites for hydroxylation is 1. The van der Waals surface area contributed by atoms with Crippen LogP contribution >= 0.6 is 0 Å². The van der Waals surface area contributed by atoms with Crippen LogP contribution in [-0.4, -0.2) is 5.91 Å². The van der Waals surface area contributed by atoms with Gasteiger partial charge in [0.15, 0.2) is 0 Å². The van der Waals surface area contributed by atoms with Gasteiger partial charge in [-0.3, -0.25) is 4.79 Å². The zero-order chi connectivity index (χ0) is 12.5. The van der Waals surface area contributed by atoms with Crippen molar-refractivity contribution in [1.82, 2.24) is 0 Å².